The van der Waals surface area contributed by atoms with E-state index >= 15 is 4.39 Å². The summed E-state index contributed by atoms with van der Waals surface area (Å²) in [7, 11) is -3.72. The number of nitrogens with one attached hydrogen (secondary N) is 1. The Balaban J connectivity index is 1.67. The van der Waals surface area contributed by atoms with Crippen molar-refractivity contribution in [2.24, 2.45) is 5.73 Å². The van der Waals surface area contributed by atoms with Crippen LogP contribution in [0, 0.1) is 11.6 Å². The molecule has 1 aliphatic heterocycles. The van der Waals surface area contributed by atoms with Crippen LogP contribution >= 0.6 is 0 Å². The lowest BCUT2D eigenvalue weighted by Gasteiger charge is -2.38. The van der Waals surface area contributed by atoms with Gasteiger partial charge in [0.05, 0.1) is 15.9 Å². The van der Waals surface area contributed by atoms with E-state index in [-0.39, 0.29) is 42.7 Å². The minimum absolute atomic E-state index is 0.104. The summed E-state index contributed by atoms with van der Waals surface area (Å²) in [5.41, 5.74) is 4.11. The zero-order valence-electron chi connectivity index (χ0n) is 17.5. The molecule has 1 saturated heterocycles. The summed E-state index contributed by atoms with van der Waals surface area (Å²) in [6.07, 6.45) is -0.769. The molecule has 0 spiro atoms. The molecule has 1 aliphatic carbocycles. The van der Waals surface area contributed by atoms with Crippen LogP contribution in [0.4, 0.5) is 8.78 Å². The van der Waals surface area contributed by atoms with E-state index in [0.29, 0.717) is 5.56 Å². The third-order valence-corrected chi connectivity index (χ3v) is 9.37. The van der Waals surface area contributed by atoms with Crippen LogP contribution in [0.1, 0.15) is 41.7 Å². The molecule has 2 fully saturated rings. The second-order valence-electron chi connectivity index (χ2n) is 8.69. The summed E-state index contributed by atoms with van der Waals surface area (Å²) in [6, 6.07) is 10.1. The predicted octanol–water partition coefficient (Wildman–Crippen LogP) is 2.11. The predicted molar refractivity (Wildman–Crippen MR) is 115 cm³/mol. The lowest BCUT2D eigenvalue weighted by Crippen LogP contribution is -2.53. The highest BCUT2D eigenvalue weighted by atomic mass is 32.2. The maximum Gasteiger partial charge on any atom is 0.229 e. The highest BCUT2D eigenvalue weighted by molar-refractivity contribution is 7.92. The Hall–Kier alpha value is -2.65. The number of carbonyl (C=O) groups excluding carboxylic acids is 2. The van der Waals surface area contributed by atoms with Crippen molar-refractivity contribution in [1.29, 1.82) is 0 Å². The summed E-state index contributed by atoms with van der Waals surface area (Å²) in [6.45, 7) is 1.93. The molecule has 0 aromatic heterocycles. The van der Waals surface area contributed by atoms with Crippen molar-refractivity contribution >= 4 is 21.5 Å². The first-order valence-electron chi connectivity index (χ1n) is 10.4. The smallest absolute Gasteiger partial charge is 0.229 e. The van der Waals surface area contributed by atoms with Crippen LogP contribution in [-0.2, 0) is 31.3 Å². The highest BCUT2D eigenvalue weighted by Gasteiger charge is 2.52. The van der Waals surface area contributed by atoms with Crippen LogP contribution in [0.3, 0.4) is 0 Å². The van der Waals surface area contributed by atoms with E-state index < -0.39 is 49.3 Å². The van der Waals surface area contributed by atoms with Crippen LogP contribution in [0.2, 0.25) is 0 Å². The molecule has 4 rings (SSSR count). The average Bonchev–Trinajstić information content (AvgIpc) is 2.71. The number of nitrogens with two attached hydrogens (primary N) is 1. The van der Waals surface area contributed by atoms with Crippen molar-refractivity contribution in [3.05, 3.63) is 70.8 Å². The number of hydrogen-bond acceptors (Lipinski definition) is 5. The normalized spacial score (nSPS) is 26.3. The molecule has 1 amide bonds. The molecule has 170 valence electrons. The molecule has 0 bridgehead atoms. The van der Waals surface area contributed by atoms with E-state index in [1.165, 1.54) is 0 Å². The van der Waals surface area contributed by atoms with Crippen molar-refractivity contribution in [1.82, 2.24) is 5.32 Å². The first-order chi connectivity index (χ1) is 15.1. The minimum atomic E-state index is -3.72. The summed E-state index contributed by atoms with van der Waals surface area (Å²) in [5.74, 6) is -2.85. The summed E-state index contributed by atoms with van der Waals surface area (Å²) >= 11 is 0. The Morgan fingerprint density at radius 1 is 1.16 bits per heavy atom. The van der Waals surface area contributed by atoms with E-state index in [1.807, 2.05) is 0 Å². The molecule has 1 saturated carbocycles. The number of primary amides is 1. The third-order valence-electron chi connectivity index (χ3n) is 6.72. The molecule has 9 heteroatoms. The Morgan fingerprint density at radius 3 is 2.41 bits per heavy atom. The number of carbonyl (C=O) groups is 2. The van der Waals surface area contributed by atoms with E-state index in [2.05, 4.69) is 5.32 Å². The number of sulfone groups is 1. The van der Waals surface area contributed by atoms with Gasteiger partial charge in [-0.05, 0) is 36.6 Å². The number of Topliss-reactive ketones (excluding diaryl/α,β-unsaturated/α-hetero) is 1. The highest BCUT2D eigenvalue weighted by Crippen LogP contribution is 2.43. The van der Waals surface area contributed by atoms with Gasteiger partial charge in [0.2, 0.25) is 5.91 Å². The van der Waals surface area contributed by atoms with E-state index in [0.717, 1.165) is 12.1 Å². The number of ketones is 1. The average molecular weight is 463 g/mol. The molecule has 2 aromatic rings. The monoisotopic (exact) mass is 462 g/mol. The molecule has 0 radical (unpaired) electrons. The lowest BCUT2D eigenvalue weighted by atomic mass is 9.63. The van der Waals surface area contributed by atoms with Gasteiger partial charge in [-0.3, -0.25) is 9.59 Å². The van der Waals surface area contributed by atoms with Gasteiger partial charge in [-0.1, -0.05) is 30.3 Å². The SMILES string of the molecule is C[C@@H]1NC[C@@H](c2ccccc2)S(=O)(=O)C1Cc1cc(F)c(C2(C(N)=O)CC(=O)C2)cc1F. The minimum Gasteiger partial charge on any atom is -0.369 e. The summed E-state index contributed by atoms with van der Waals surface area (Å²) in [4.78, 5) is 23.4. The molecule has 1 heterocycles. The van der Waals surface area contributed by atoms with Crippen LogP contribution in [0.15, 0.2) is 42.5 Å². The number of rotatable bonds is 5. The maximum absolute atomic E-state index is 15.0. The van der Waals surface area contributed by atoms with E-state index in [9.17, 15) is 22.4 Å². The van der Waals surface area contributed by atoms with Crippen LogP contribution < -0.4 is 11.1 Å². The Kier molecular flexibility index (Phi) is 5.67. The zero-order chi connectivity index (χ0) is 23.3. The van der Waals surface area contributed by atoms with E-state index in [1.54, 1.807) is 37.3 Å². The number of halogens is 2. The van der Waals surface area contributed by atoms with Crippen molar-refractivity contribution < 1.29 is 26.8 Å². The molecule has 6 nitrogen and oxygen atoms in total. The van der Waals surface area contributed by atoms with Gasteiger partial charge >= 0.3 is 0 Å². The van der Waals surface area contributed by atoms with Crippen molar-refractivity contribution in [2.75, 3.05) is 6.54 Å². The van der Waals surface area contributed by atoms with Gasteiger partial charge in [-0.2, -0.15) is 0 Å². The van der Waals surface area contributed by atoms with Gasteiger partial charge in [-0.25, -0.2) is 17.2 Å². The van der Waals surface area contributed by atoms with Gasteiger partial charge in [-0.15, -0.1) is 0 Å². The zero-order valence-corrected chi connectivity index (χ0v) is 18.3. The van der Waals surface area contributed by atoms with Gasteiger partial charge < -0.3 is 11.1 Å². The second kappa shape index (κ2) is 8.04. The first kappa shape index (κ1) is 22.5. The lowest BCUT2D eigenvalue weighted by molar-refractivity contribution is -0.139. The van der Waals surface area contributed by atoms with Gasteiger partial charge in [0, 0.05) is 31.0 Å². The fraction of sp³-hybridized carbons (Fsp3) is 0.391. The molecule has 3 N–H and O–H groups in total. The topological polar surface area (TPSA) is 106 Å². The van der Waals surface area contributed by atoms with Crippen LogP contribution in [-0.4, -0.2) is 37.9 Å². The third kappa shape index (κ3) is 3.63. The van der Waals surface area contributed by atoms with Crippen LogP contribution in [0.5, 0.6) is 0 Å². The van der Waals surface area contributed by atoms with Crippen LogP contribution in [0.25, 0.3) is 0 Å². The number of benzene rings is 2. The largest absolute Gasteiger partial charge is 0.369 e. The van der Waals surface area contributed by atoms with Crippen molar-refractivity contribution in [2.45, 2.75) is 48.1 Å². The number of hydrogen-bond donors (Lipinski definition) is 2. The van der Waals surface area contributed by atoms with E-state index in [4.69, 9.17) is 5.73 Å². The molecule has 2 aromatic carbocycles. The first-order valence-corrected chi connectivity index (χ1v) is 12.0. The maximum atomic E-state index is 15.0. The summed E-state index contributed by atoms with van der Waals surface area (Å²) in [5, 5.41) is 1.40. The van der Waals surface area contributed by atoms with Crippen molar-refractivity contribution in [3.8, 4) is 0 Å². The molecule has 1 unspecified atom stereocenters. The fourth-order valence-electron chi connectivity index (χ4n) is 4.75. The Bertz CT molecular complexity index is 1180. The standard InChI is InChI=1S/C23H24F2N2O4S/c1-13-20(32(30,31)21(12-27-13)14-5-3-2-4-6-14)8-15-7-19(25)17(9-18(15)24)23(22(26)29)10-16(28)11-23/h2-7,9,13,20-21,27H,8,10-12H2,1H3,(H2,26,29)/t13-,20?,21-/m0/s1. The van der Waals surface area contributed by atoms with Crippen molar-refractivity contribution in [3.63, 3.8) is 0 Å². The summed E-state index contributed by atoms with van der Waals surface area (Å²) < 4.78 is 56.7. The molecular formula is C23H24F2N2O4S. The van der Waals surface area contributed by atoms with Gasteiger partial charge in [0.25, 0.3) is 0 Å². The fourth-order valence-corrected chi connectivity index (χ4v) is 7.12. The Labute approximate surface area is 185 Å². The molecule has 32 heavy (non-hydrogen) atoms. The second-order valence-corrected chi connectivity index (χ2v) is 11.0. The quantitative estimate of drug-likeness (QED) is 0.708. The molecule has 3 atom stereocenters. The molecule has 2 aliphatic rings. The van der Waals surface area contributed by atoms with Gasteiger partial charge in [0.1, 0.15) is 17.4 Å². The molecular weight excluding hydrogens is 438 g/mol. The Morgan fingerprint density at radius 2 is 1.81 bits per heavy atom. The number of amides is 1. The van der Waals surface area contributed by atoms with Gasteiger partial charge in [0.15, 0.2) is 9.84 Å².